The minimum absolute atomic E-state index is 0.0905. The zero-order valence-corrected chi connectivity index (χ0v) is 14.6. The van der Waals surface area contributed by atoms with Crippen molar-refractivity contribution in [1.29, 1.82) is 0 Å². The molecule has 3 heteroatoms. The first-order valence-electron chi connectivity index (χ1n) is 8.23. The Kier molecular flexibility index (Phi) is 7.08. The highest BCUT2D eigenvalue weighted by Crippen LogP contribution is 2.26. The second-order valence-electron chi connectivity index (χ2n) is 7.38. The number of carbonyl (C=O) groups is 1. The van der Waals surface area contributed by atoms with E-state index in [1.807, 2.05) is 32.0 Å². The summed E-state index contributed by atoms with van der Waals surface area (Å²) in [7, 11) is 0. The average molecular weight is 305 g/mol. The van der Waals surface area contributed by atoms with Crippen molar-refractivity contribution < 1.29 is 9.90 Å². The molecule has 2 atom stereocenters. The maximum Gasteiger partial charge on any atom is 0.225 e. The number of hydrogen-bond acceptors (Lipinski definition) is 2. The van der Waals surface area contributed by atoms with Gasteiger partial charge in [-0.2, -0.15) is 0 Å². The molecule has 22 heavy (non-hydrogen) atoms. The van der Waals surface area contributed by atoms with Gasteiger partial charge in [-0.1, -0.05) is 58.0 Å². The van der Waals surface area contributed by atoms with Crippen LogP contribution in [0.4, 0.5) is 0 Å². The van der Waals surface area contributed by atoms with Crippen molar-refractivity contribution in [3.63, 3.8) is 0 Å². The van der Waals surface area contributed by atoms with Crippen molar-refractivity contribution in [1.82, 2.24) is 5.32 Å². The van der Waals surface area contributed by atoms with Gasteiger partial charge in [0.05, 0.1) is 6.10 Å². The van der Waals surface area contributed by atoms with E-state index in [1.165, 1.54) is 0 Å². The van der Waals surface area contributed by atoms with Crippen LogP contribution in [0.25, 0.3) is 0 Å². The summed E-state index contributed by atoms with van der Waals surface area (Å²) in [5.41, 5.74) is 0.797. The highest BCUT2D eigenvalue weighted by Gasteiger charge is 2.29. The average Bonchev–Trinajstić information content (AvgIpc) is 2.42. The van der Waals surface area contributed by atoms with Gasteiger partial charge in [-0.3, -0.25) is 4.79 Å². The predicted octanol–water partition coefficient (Wildman–Crippen LogP) is 3.73. The van der Waals surface area contributed by atoms with E-state index in [1.54, 1.807) is 6.92 Å². The Balaban J connectivity index is 2.69. The number of nitrogens with one attached hydrogen (secondary N) is 1. The lowest BCUT2D eigenvalue weighted by atomic mass is 9.83. The Labute approximate surface area is 135 Å². The molecule has 0 fully saturated rings. The molecule has 0 aliphatic carbocycles. The molecule has 2 N–H and O–H groups in total. The number of carbonyl (C=O) groups excluding carboxylic acids is 1. The number of amides is 1. The molecule has 0 saturated heterocycles. The zero-order valence-electron chi connectivity index (χ0n) is 14.6. The van der Waals surface area contributed by atoms with Gasteiger partial charge in [0.2, 0.25) is 5.91 Å². The van der Waals surface area contributed by atoms with Crippen molar-refractivity contribution in [3.05, 3.63) is 35.9 Å². The number of rotatable bonds is 8. The SMILES string of the molecule is CC(C)CC(C)(C)C(=O)NCC(CC(C)O)c1ccccc1. The smallest absolute Gasteiger partial charge is 0.225 e. The molecule has 1 aromatic carbocycles. The van der Waals surface area contributed by atoms with Gasteiger partial charge >= 0.3 is 0 Å². The first-order valence-corrected chi connectivity index (χ1v) is 8.23. The standard InChI is InChI=1S/C19H31NO2/c1-14(2)12-19(4,5)18(22)20-13-17(11-15(3)21)16-9-7-6-8-10-16/h6-10,14-15,17,21H,11-13H2,1-5H3,(H,20,22). The molecule has 0 aliphatic heterocycles. The third kappa shape index (κ3) is 6.18. The fourth-order valence-electron chi connectivity index (χ4n) is 3.04. The molecule has 1 amide bonds. The molecule has 0 saturated carbocycles. The van der Waals surface area contributed by atoms with Crippen LogP contribution in [0.15, 0.2) is 30.3 Å². The normalized spacial score (nSPS) is 14.7. The number of aliphatic hydroxyl groups excluding tert-OH is 1. The molecule has 0 spiro atoms. The van der Waals surface area contributed by atoms with Crippen LogP contribution < -0.4 is 5.32 Å². The molecule has 2 unspecified atom stereocenters. The Morgan fingerprint density at radius 1 is 1.18 bits per heavy atom. The molecule has 0 bridgehead atoms. The molecule has 1 rings (SSSR count). The fourth-order valence-corrected chi connectivity index (χ4v) is 3.04. The Bertz CT molecular complexity index is 452. The zero-order chi connectivity index (χ0) is 16.8. The van der Waals surface area contributed by atoms with Gasteiger partial charge < -0.3 is 10.4 Å². The predicted molar refractivity (Wildman–Crippen MR) is 91.7 cm³/mol. The van der Waals surface area contributed by atoms with E-state index in [9.17, 15) is 9.90 Å². The molecule has 1 aromatic rings. The van der Waals surface area contributed by atoms with Crippen molar-refractivity contribution in [2.45, 2.75) is 59.5 Å². The lowest BCUT2D eigenvalue weighted by Crippen LogP contribution is -2.40. The molecule has 0 heterocycles. The van der Waals surface area contributed by atoms with Crippen molar-refractivity contribution in [2.75, 3.05) is 6.54 Å². The lowest BCUT2D eigenvalue weighted by molar-refractivity contribution is -0.130. The van der Waals surface area contributed by atoms with E-state index in [2.05, 4.69) is 31.3 Å². The third-order valence-electron chi connectivity index (χ3n) is 3.94. The van der Waals surface area contributed by atoms with Gasteiger partial charge in [-0.05, 0) is 31.2 Å². The second kappa shape index (κ2) is 8.33. The van der Waals surface area contributed by atoms with E-state index in [0.29, 0.717) is 18.9 Å². The van der Waals surface area contributed by atoms with E-state index >= 15 is 0 Å². The van der Waals surface area contributed by atoms with Crippen LogP contribution in [0, 0.1) is 11.3 Å². The summed E-state index contributed by atoms with van der Waals surface area (Å²) in [5, 5.41) is 12.8. The maximum atomic E-state index is 12.4. The highest BCUT2D eigenvalue weighted by molar-refractivity contribution is 5.81. The highest BCUT2D eigenvalue weighted by atomic mass is 16.3. The van der Waals surface area contributed by atoms with Crippen LogP contribution in [0.5, 0.6) is 0 Å². The fraction of sp³-hybridized carbons (Fsp3) is 0.632. The second-order valence-corrected chi connectivity index (χ2v) is 7.38. The van der Waals surface area contributed by atoms with Gasteiger partial charge in [0, 0.05) is 17.9 Å². The van der Waals surface area contributed by atoms with E-state index in [4.69, 9.17) is 0 Å². The topological polar surface area (TPSA) is 49.3 Å². The van der Waals surface area contributed by atoms with Crippen LogP contribution in [0.1, 0.15) is 58.9 Å². The van der Waals surface area contributed by atoms with Gasteiger partial charge in [0.15, 0.2) is 0 Å². The summed E-state index contributed by atoms with van der Waals surface area (Å²) in [6.45, 7) is 10.6. The molecular weight excluding hydrogens is 274 g/mol. The molecule has 0 aromatic heterocycles. The maximum absolute atomic E-state index is 12.4. The van der Waals surface area contributed by atoms with Crippen LogP contribution in [0.3, 0.4) is 0 Å². The van der Waals surface area contributed by atoms with Gasteiger partial charge in [0.25, 0.3) is 0 Å². The summed E-state index contributed by atoms with van der Waals surface area (Å²) in [6.07, 6.45) is 1.13. The Hall–Kier alpha value is -1.35. The van der Waals surface area contributed by atoms with Crippen LogP contribution >= 0.6 is 0 Å². The van der Waals surface area contributed by atoms with Gasteiger partial charge in [-0.25, -0.2) is 0 Å². The largest absolute Gasteiger partial charge is 0.393 e. The first-order chi connectivity index (χ1) is 10.2. The summed E-state index contributed by atoms with van der Waals surface area (Å²) in [6, 6.07) is 10.1. The van der Waals surface area contributed by atoms with Crippen molar-refractivity contribution in [2.24, 2.45) is 11.3 Å². The van der Waals surface area contributed by atoms with E-state index in [0.717, 1.165) is 12.0 Å². The quantitative estimate of drug-likeness (QED) is 0.769. The Morgan fingerprint density at radius 3 is 2.27 bits per heavy atom. The number of hydrogen-bond donors (Lipinski definition) is 2. The minimum atomic E-state index is -0.384. The Morgan fingerprint density at radius 2 is 1.77 bits per heavy atom. The van der Waals surface area contributed by atoms with Crippen molar-refractivity contribution >= 4 is 5.91 Å². The molecular formula is C19H31NO2. The third-order valence-corrected chi connectivity index (χ3v) is 3.94. The van der Waals surface area contributed by atoms with Crippen LogP contribution in [0.2, 0.25) is 0 Å². The van der Waals surface area contributed by atoms with E-state index in [-0.39, 0.29) is 23.3 Å². The summed E-state index contributed by atoms with van der Waals surface area (Å²) < 4.78 is 0. The van der Waals surface area contributed by atoms with Gasteiger partial charge in [0.1, 0.15) is 0 Å². The molecule has 3 nitrogen and oxygen atoms in total. The van der Waals surface area contributed by atoms with Crippen molar-refractivity contribution in [3.8, 4) is 0 Å². The summed E-state index contributed by atoms with van der Waals surface area (Å²) >= 11 is 0. The van der Waals surface area contributed by atoms with Gasteiger partial charge in [-0.15, -0.1) is 0 Å². The minimum Gasteiger partial charge on any atom is -0.393 e. The monoisotopic (exact) mass is 305 g/mol. The summed E-state index contributed by atoms with van der Waals surface area (Å²) in [4.78, 5) is 12.4. The summed E-state index contributed by atoms with van der Waals surface area (Å²) in [5.74, 6) is 0.718. The van der Waals surface area contributed by atoms with Crippen LogP contribution in [-0.2, 0) is 4.79 Å². The molecule has 0 aliphatic rings. The first kappa shape index (κ1) is 18.7. The lowest BCUT2D eigenvalue weighted by Gasteiger charge is -2.27. The number of aliphatic hydroxyl groups is 1. The molecule has 0 radical (unpaired) electrons. The van der Waals surface area contributed by atoms with E-state index < -0.39 is 0 Å². The van der Waals surface area contributed by atoms with Crippen LogP contribution in [-0.4, -0.2) is 23.7 Å². The molecule has 124 valence electrons. The number of benzene rings is 1.